The first-order valence-electron chi connectivity index (χ1n) is 13.7. The van der Waals surface area contributed by atoms with Crippen molar-refractivity contribution in [3.63, 3.8) is 0 Å². The number of hydrogen-bond acceptors (Lipinski definition) is 7. The molecule has 6 rings (SSSR count). The molecule has 0 saturated carbocycles. The zero-order chi connectivity index (χ0) is 27.9. The van der Waals surface area contributed by atoms with Crippen molar-refractivity contribution in [1.29, 1.82) is 0 Å². The summed E-state index contributed by atoms with van der Waals surface area (Å²) >= 11 is 0. The van der Waals surface area contributed by atoms with Gasteiger partial charge < -0.3 is 20.2 Å². The molecule has 1 aromatic carbocycles. The molecule has 0 spiro atoms. The molecule has 206 valence electrons. The summed E-state index contributed by atoms with van der Waals surface area (Å²) in [6, 6.07) is 16.2. The van der Waals surface area contributed by atoms with E-state index in [0.717, 1.165) is 49.3 Å². The van der Waals surface area contributed by atoms with Crippen molar-refractivity contribution >= 4 is 28.9 Å². The van der Waals surface area contributed by atoms with Crippen molar-refractivity contribution in [3.05, 3.63) is 83.6 Å². The monoisotopic (exact) mass is 539 g/mol. The maximum atomic E-state index is 13.1. The van der Waals surface area contributed by atoms with E-state index in [-0.39, 0.29) is 28.9 Å². The molecule has 2 aliphatic heterocycles. The zero-order valence-electron chi connectivity index (χ0n) is 22.7. The Balaban J connectivity index is 1.11. The van der Waals surface area contributed by atoms with E-state index in [2.05, 4.69) is 73.5 Å². The minimum Gasteiger partial charge on any atom is -0.477 e. The number of aryl methyl sites for hydroxylation is 1. The number of aromatic nitrogens is 4. The van der Waals surface area contributed by atoms with Gasteiger partial charge in [-0.3, -0.25) is 4.79 Å². The normalized spacial score (nSPS) is 19.8. The first kappa shape index (κ1) is 25.8. The smallest absolute Gasteiger partial charge is 0.354 e. The van der Waals surface area contributed by atoms with Crippen LogP contribution >= 0.6 is 0 Å². The van der Waals surface area contributed by atoms with Crippen molar-refractivity contribution < 1.29 is 14.7 Å². The van der Waals surface area contributed by atoms with Crippen LogP contribution in [0.15, 0.2) is 60.9 Å². The van der Waals surface area contributed by atoms with E-state index in [4.69, 9.17) is 0 Å². The summed E-state index contributed by atoms with van der Waals surface area (Å²) in [6.45, 7) is 7.60. The number of anilines is 2. The average molecular weight is 540 g/mol. The maximum absolute atomic E-state index is 13.1. The lowest BCUT2D eigenvalue weighted by molar-refractivity contribution is 0.0690. The molecule has 10 nitrogen and oxygen atoms in total. The number of hydrogen-bond donors (Lipinski definition) is 2. The molecule has 1 amide bonds. The van der Waals surface area contributed by atoms with Crippen molar-refractivity contribution in [2.45, 2.75) is 44.6 Å². The number of amides is 1. The molecule has 2 aliphatic rings. The summed E-state index contributed by atoms with van der Waals surface area (Å²) in [6.07, 6.45) is 6.03. The van der Waals surface area contributed by atoms with Crippen molar-refractivity contribution in [2.24, 2.45) is 0 Å². The molecule has 4 aromatic rings. The number of rotatable bonds is 6. The number of aromatic carboxylic acids is 1. The molecule has 5 heterocycles. The molecule has 0 aliphatic carbocycles. The van der Waals surface area contributed by atoms with E-state index in [1.807, 2.05) is 19.2 Å². The summed E-state index contributed by atoms with van der Waals surface area (Å²) < 4.78 is 1.73. The average Bonchev–Trinajstić information content (AvgIpc) is 3.59. The summed E-state index contributed by atoms with van der Waals surface area (Å²) in [5.74, 6) is -1.16. The van der Waals surface area contributed by atoms with Crippen LogP contribution in [0.25, 0.3) is 5.65 Å². The van der Waals surface area contributed by atoms with Crippen LogP contribution in [0, 0.1) is 6.92 Å². The van der Waals surface area contributed by atoms with Gasteiger partial charge in [-0.1, -0.05) is 37.3 Å². The summed E-state index contributed by atoms with van der Waals surface area (Å²) in [4.78, 5) is 37.3. The molecule has 2 fully saturated rings. The van der Waals surface area contributed by atoms with Gasteiger partial charge in [0.25, 0.3) is 5.91 Å². The van der Waals surface area contributed by atoms with E-state index in [0.29, 0.717) is 18.7 Å². The van der Waals surface area contributed by atoms with Crippen LogP contribution in [0.2, 0.25) is 0 Å². The highest BCUT2D eigenvalue weighted by Gasteiger charge is 2.35. The molecular weight excluding hydrogens is 506 g/mol. The quantitative estimate of drug-likeness (QED) is 0.381. The van der Waals surface area contributed by atoms with E-state index in [1.165, 1.54) is 11.8 Å². The number of carbonyl (C=O) groups is 2. The SMILES string of the molecule is Cc1cc(N2CC[C@](C)(c3ccccc3)C2)cn2nc(C(=O)NC3CCN(c4ccnc(C(=O)O)c4)CC3)nc12. The predicted octanol–water partition coefficient (Wildman–Crippen LogP) is 3.70. The van der Waals surface area contributed by atoms with Crippen molar-refractivity contribution in [3.8, 4) is 0 Å². The standard InChI is InChI=1S/C30H33N7O3/c1-20-16-24(36-15-11-30(2,19-36)21-6-4-3-5-7-21)18-37-27(20)33-26(34-37)28(38)32-22-9-13-35(14-10-22)23-8-12-31-25(17-23)29(39)40/h3-8,12,16-18,22H,9-11,13-15,19H2,1-2H3,(H,32,38)(H,39,40)/t30-/m0/s1. The second-order valence-corrected chi connectivity index (χ2v) is 11.1. The Bertz CT molecular complexity index is 1560. The van der Waals surface area contributed by atoms with Crippen LogP contribution in [-0.4, -0.2) is 68.8 Å². The number of fused-ring (bicyclic) bond motifs is 1. The fourth-order valence-corrected chi connectivity index (χ4v) is 5.92. The Kier molecular flexibility index (Phi) is 6.61. The highest BCUT2D eigenvalue weighted by Crippen LogP contribution is 2.36. The van der Waals surface area contributed by atoms with Crippen LogP contribution in [-0.2, 0) is 5.41 Å². The topological polar surface area (TPSA) is 116 Å². The van der Waals surface area contributed by atoms with Crippen LogP contribution < -0.4 is 15.1 Å². The van der Waals surface area contributed by atoms with Gasteiger partial charge in [0.1, 0.15) is 5.69 Å². The first-order valence-corrected chi connectivity index (χ1v) is 13.7. The Morgan fingerprint density at radius 3 is 2.55 bits per heavy atom. The van der Waals surface area contributed by atoms with Gasteiger partial charge in [0.15, 0.2) is 5.65 Å². The summed E-state index contributed by atoms with van der Waals surface area (Å²) in [5, 5.41) is 16.9. The van der Waals surface area contributed by atoms with Gasteiger partial charge in [-0.2, -0.15) is 0 Å². The van der Waals surface area contributed by atoms with E-state index in [1.54, 1.807) is 10.6 Å². The van der Waals surface area contributed by atoms with E-state index < -0.39 is 5.97 Å². The predicted molar refractivity (Wildman–Crippen MR) is 152 cm³/mol. The second-order valence-electron chi connectivity index (χ2n) is 11.1. The number of benzene rings is 1. The largest absolute Gasteiger partial charge is 0.477 e. The third-order valence-electron chi connectivity index (χ3n) is 8.27. The van der Waals surface area contributed by atoms with Gasteiger partial charge in [0, 0.05) is 49.5 Å². The Morgan fingerprint density at radius 2 is 1.80 bits per heavy atom. The molecule has 3 aromatic heterocycles. The van der Waals surface area contributed by atoms with Gasteiger partial charge in [0.2, 0.25) is 5.82 Å². The zero-order valence-corrected chi connectivity index (χ0v) is 22.7. The molecular formula is C30H33N7O3. The molecule has 40 heavy (non-hydrogen) atoms. The number of carbonyl (C=O) groups excluding carboxylic acids is 1. The highest BCUT2D eigenvalue weighted by molar-refractivity contribution is 5.91. The molecule has 0 bridgehead atoms. The second kappa shape index (κ2) is 10.3. The van der Waals surface area contributed by atoms with Gasteiger partial charge in [-0.25, -0.2) is 19.3 Å². The Labute approximate surface area is 232 Å². The Hall–Kier alpha value is -4.47. The first-order chi connectivity index (χ1) is 19.3. The van der Waals surface area contributed by atoms with E-state index >= 15 is 0 Å². The highest BCUT2D eigenvalue weighted by atomic mass is 16.4. The summed E-state index contributed by atoms with van der Waals surface area (Å²) in [7, 11) is 0. The van der Waals surface area contributed by atoms with Gasteiger partial charge in [-0.15, -0.1) is 5.10 Å². The van der Waals surface area contributed by atoms with Gasteiger partial charge >= 0.3 is 5.97 Å². The minimum atomic E-state index is -1.04. The van der Waals surface area contributed by atoms with Crippen LogP contribution in [0.3, 0.4) is 0 Å². The third-order valence-corrected chi connectivity index (χ3v) is 8.27. The molecule has 2 N–H and O–H groups in total. The minimum absolute atomic E-state index is 0.00642. The Morgan fingerprint density at radius 1 is 1.02 bits per heavy atom. The van der Waals surface area contributed by atoms with Crippen LogP contribution in [0.5, 0.6) is 0 Å². The number of pyridine rings is 2. The van der Waals surface area contributed by atoms with Gasteiger partial charge in [0.05, 0.1) is 11.9 Å². The van der Waals surface area contributed by atoms with Gasteiger partial charge in [-0.05, 0) is 55.5 Å². The lowest BCUT2D eigenvalue weighted by Crippen LogP contribution is -2.45. The van der Waals surface area contributed by atoms with Crippen LogP contribution in [0.4, 0.5) is 11.4 Å². The lowest BCUT2D eigenvalue weighted by Gasteiger charge is -2.33. The third kappa shape index (κ3) is 4.97. The maximum Gasteiger partial charge on any atom is 0.354 e. The van der Waals surface area contributed by atoms with Crippen molar-refractivity contribution in [2.75, 3.05) is 36.0 Å². The van der Waals surface area contributed by atoms with Crippen molar-refractivity contribution in [1.82, 2.24) is 24.9 Å². The fraction of sp³-hybridized carbons (Fsp3) is 0.367. The molecule has 0 unspecified atom stereocenters. The fourth-order valence-electron chi connectivity index (χ4n) is 5.92. The van der Waals surface area contributed by atoms with Crippen LogP contribution in [0.1, 0.15) is 58.4 Å². The summed E-state index contributed by atoms with van der Waals surface area (Å²) in [5.41, 5.74) is 5.03. The number of piperidine rings is 1. The number of carboxylic acid groups (broad SMARTS) is 1. The molecule has 0 radical (unpaired) electrons. The number of nitrogens with zero attached hydrogens (tertiary/aromatic N) is 6. The number of carboxylic acids is 1. The van der Waals surface area contributed by atoms with E-state index in [9.17, 15) is 14.7 Å². The molecule has 10 heteroatoms. The molecule has 2 saturated heterocycles. The molecule has 1 atom stereocenters. The lowest BCUT2D eigenvalue weighted by atomic mass is 9.82. The number of nitrogens with one attached hydrogen (secondary N) is 1.